The van der Waals surface area contributed by atoms with E-state index in [1.807, 2.05) is 36.2 Å². The number of hydrogen-bond acceptors (Lipinski definition) is 4. The van der Waals surface area contributed by atoms with Crippen molar-refractivity contribution < 1.29 is 34.3 Å². The van der Waals surface area contributed by atoms with E-state index in [1.165, 1.54) is 0 Å². The minimum Gasteiger partial charge on any atom is -1.00 e. The molecule has 0 fully saturated rings. The van der Waals surface area contributed by atoms with Gasteiger partial charge in [-0.2, -0.15) is 11.8 Å². The van der Waals surface area contributed by atoms with Gasteiger partial charge in [-0.15, -0.1) is 0 Å². The Morgan fingerprint density at radius 2 is 2.04 bits per heavy atom. The van der Waals surface area contributed by atoms with E-state index < -0.39 is 0 Å². The minimum absolute atomic E-state index is 0. The fourth-order valence-electron chi connectivity index (χ4n) is 1.73. The standard InChI is InChI=1S/C16H17BrN2OS.ClH.Co/c17-14-4-5-16(20)13(11-14)12-18-8-10-21-9-6-15-3-1-2-7-19-15;;/h1-5,7,11-12,20H,6,8-10H2;1H;/q;;+2/p-2. The predicted molar refractivity (Wildman–Crippen MR) is 91.3 cm³/mol. The monoisotopic (exact) mass is 457 g/mol. The molecule has 2 aromatic rings. The topological polar surface area (TPSA) is 48.3 Å². The van der Waals surface area contributed by atoms with Crippen LogP contribution in [-0.2, 0) is 23.2 Å². The molecule has 23 heavy (non-hydrogen) atoms. The first-order valence-corrected chi connectivity index (χ1v) is 8.64. The van der Waals surface area contributed by atoms with E-state index in [1.54, 1.807) is 24.4 Å². The summed E-state index contributed by atoms with van der Waals surface area (Å²) in [6.07, 6.45) is 4.46. The summed E-state index contributed by atoms with van der Waals surface area (Å²) in [5.41, 5.74) is 1.75. The number of pyridine rings is 1. The number of benzene rings is 1. The third-order valence-electron chi connectivity index (χ3n) is 2.80. The van der Waals surface area contributed by atoms with Crippen LogP contribution in [0.3, 0.4) is 0 Å². The Morgan fingerprint density at radius 3 is 2.78 bits per heavy atom. The molecule has 7 heteroatoms. The molecule has 1 heterocycles. The van der Waals surface area contributed by atoms with Gasteiger partial charge in [0.25, 0.3) is 0 Å². The zero-order valence-corrected chi connectivity index (χ0v) is 16.4. The molecular weight excluding hydrogens is 443 g/mol. The van der Waals surface area contributed by atoms with E-state index >= 15 is 0 Å². The van der Waals surface area contributed by atoms with Crippen molar-refractivity contribution in [1.29, 1.82) is 0 Å². The molecule has 0 aliphatic rings. The van der Waals surface area contributed by atoms with Crippen LogP contribution in [0.5, 0.6) is 5.75 Å². The van der Waals surface area contributed by atoms with Crippen molar-refractivity contribution >= 4 is 33.9 Å². The number of halogens is 2. The zero-order valence-electron chi connectivity index (χ0n) is 12.2. The van der Waals surface area contributed by atoms with Gasteiger partial charge in [-0.3, -0.25) is 9.98 Å². The summed E-state index contributed by atoms with van der Waals surface area (Å²) in [7, 11) is 0. The van der Waals surface area contributed by atoms with Crippen molar-refractivity contribution in [3.8, 4) is 5.75 Å². The van der Waals surface area contributed by atoms with Crippen molar-refractivity contribution in [3.05, 3.63) is 58.3 Å². The van der Waals surface area contributed by atoms with E-state index in [2.05, 4.69) is 25.9 Å². The fraction of sp³-hybridized carbons (Fsp3) is 0.250. The van der Waals surface area contributed by atoms with Crippen LogP contribution in [0, 0.1) is 0 Å². The maximum Gasteiger partial charge on any atom is 2.00 e. The van der Waals surface area contributed by atoms with Gasteiger partial charge in [0.2, 0.25) is 0 Å². The molecule has 0 saturated heterocycles. The average molecular weight is 459 g/mol. The Labute approximate surface area is 166 Å². The van der Waals surface area contributed by atoms with Gasteiger partial charge in [-0.05, 0) is 42.0 Å². The maximum atomic E-state index is 11.6. The molecule has 2 rings (SSSR count). The van der Waals surface area contributed by atoms with E-state index in [9.17, 15) is 5.11 Å². The van der Waals surface area contributed by atoms with Gasteiger partial charge in [-0.25, -0.2) is 0 Å². The van der Waals surface area contributed by atoms with Crippen LogP contribution in [0.2, 0.25) is 0 Å². The molecule has 0 spiro atoms. The van der Waals surface area contributed by atoms with Gasteiger partial charge in [0.05, 0.1) is 0 Å². The number of thioether (sulfide) groups is 1. The van der Waals surface area contributed by atoms with Crippen molar-refractivity contribution in [2.45, 2.75) is 6.42 Å². The largest absolute Gasteiger partial charge is 2.00 e. The summed E-state index contributed by atoms with van der Waals surface area (Å²) in [6, 6.07) is 11.1. The van der Waals surface area contributed by atoms with Crippen LogP contribution >= 0.6 is 27.7 Å². The first-order valence-electron chi connectivity index (χ1n) is 6.70. The smallest absolute Gasteiger partial charge is 1.00 e. The molecule has 125 valence electrons. The second-order valence-electron chi connectivity index (χ2n) is 4.40. The Bertz CT molecular complexity index is 602. The van der Waals surface area contributed by atoms with Crippen molar-refractivity contribution in [2.24, 2.45) is 4.99 Å². The van der Waals surface area contributed by atoms with E-state index in [4.69, 9.17) is 0 Å². The van der Waals surface area contributed by atoms with Crippen molar-refractivity contribution in [2.75, 3.05) is 18.1 Å². The molecule has 0 saturated carbocycles. The molecule has 0 aliphatic heterocycles. The molecule has 0 bridgehead atoms. The molecule has 0 N–H and O–H groups in total. The number of aromatic nitrogens is 1. The summed E-state index contributed by atoms with van der Waals surface area (Å²) in [5.74, 6) is 1.99. The molecule has 1 radical (unpaired) electrons. The molecule has 1 aromatic heterocycles. The second kappa shape index (κ2) is 12.8. The second-order valence-corrected chi connectivity index (χ2v) is 6.54. The van der Waals surface area contributed by atoms with Crippen molar-refractivity contribution in [1.82, 2.24) is 4.98 Å². The van der Waals surface area contributed by atoms with Gasteiger partial charge in [0, 0.05) is 34.9 Å². The first-order chi connectivity index (χ1) is 10.3. The summed E-state index contributed by atoms with van der Waals surface area (Å²) in [5, 5.41) is 11.6. The van der Waals surface area contributed by atoms with Gasteiger partial charge < -0.3 is 17.5 Å². The Balaban J connectivity index is 0.00000242. The summed E-state index contributed by atoms with van der Waals surface area (Å²) < 4.78 is 0.897. The summed E-state index contributed by atoms with van der Waals surface area (Å²) in [4.78, 5) is 8.59. The van der Waals surface area contributed by atoms with Gasteiger partial charge >= 0.3 is 16.8 Å². The molecule has 0 unspecified atom stereocenters. The summed E-state index contributed by atoms with van der Waals surface area (Å²) >= 11 is 5.20. The quantitative estimate of drug-likeness (QED) is 0.443. The SMILES string of the molecule is [Cl-].[Co+2].[O-]c1ccc(Br)cc1C=NCCSCCc1ccccn1. The van der Waals surface area contributed by atoms with Crippen LogP contribution < -0.4 is 17.5 Å². The first kappa shape index (κ1) is 22.5. The van der Waals surface area contributed by atoms with Crippen LogP contribution in [0.4, 0.5) is 0 Å². The van der Waals surface area contributed by atoms with E-state index in [-0.39, 0.29) is 34.9 Å². The molecule has 0 atom stereocenters. The average Bonchev–Trinajstić information content (AvgIpc) is 2.50. The van der Waals surface area contributed by atoms with Crippen LogP contribution in [-0.4, -0.2) is 29.2 Å². The molecule has 0 aliphatic carbocycles. The Morgan fingerprint density at radius 1 is 1.22 bits per heavy atom. The molecule has 3 nitrogen and oxygen atoms in total. The van der Waals surface area contributed by atoms with Crippen LogP contribution in [0.1, 0.15) is 11.3 Å². The van der Waals surface area contributed by atoms with E-state index in [0.29, 0.717) is 5.56 Å². The van der Waals surface area contributed by atoms with Crippen molar-refractivity contribution in [3.63, 3.8) is 0 Å². The number of aryl methyl sites for hydroxylation is 1. The number of rotatable bonds is 7. The molecule has 1 aromatic carbocycles. The molecular formula is C16H16BrClCoN2OS. The van der Waals surface area contributed by atoms with Gasteiger partial charge in [0.15, 0.2) is 0 Å². The minimum atomic E-state index is 0. The Kier molecular flexibility index (Phi) is 12.5. The molecule has 0 amide bonds. The van der Waals surface area contributed by atoms with Crippen LogP contribution in [0.25, 0.3) is 0 Å². The fourth-order valence-corrected chi connectivity index (χ4v) is 2.90. The van der Waals surface area contributed by atoms with Crippen LogP contribution in [0.15, 0.2) is 52.1 Å². The number of aliphatic imine (C=N–C) groups is 1. The maximum absolute atomic E-state index is 11.6. The van der Waals surface area contributed by atoms with E-state index in [0.717, 1.165) is 34.6 Å². The third kappa shape index (κ3) is 8.76. The zero-order chi connectivity index (χ0) is 14.9. The Hall–Kier alpha value is -0.534. The van der Waals surface area contributed by atoms with Gasteiger partial charge in [-0.1, -0.05) is 33.8 Å². The number of nitrogens with zero attached hydrogens (tertiary/aromatic N) is 2. The number of hydrogen-bond donors (Lipinski definition) is 0. The van der Waals surface area contributed by atoms with Gasteiger partial charge in [0.1, 0.15) is 0 Å². The normalized spacial score (nSPS) is 10.1. The third-order valence-corrected chi connectivity index (χ3v) is 4.25. The predicted octanol–water partition coefficient (Wildman–Crippen LogP) is 0.314. The summed E-state index contributed by atoms with van der Waals surface area (Å²) in [6.45, 7) is 0.721.